The number of hydrogen-bond donors (Lipinski definition) is 1. The summed E-state index contributed by atoms with van der Waals surface area (Å²) in [6.45, 7) is 4.36. The molecule has 0 saturated heterocycles. The van der Waals surface area contributed by atoms with Crippen molar-refractivity contribution in [3.63, 3.8) is 0 Å². The van der Waals surface area contributed by atoms with Gasteiger partial charge in [0.1, 0.15) is 18.1 Å². The van der Waals surface area contributed by atoms with Crippen LogP contribution in [-0.4, -0.2) is 34.0 Å². The van der Waals surface area contributed by atoms with Gasteiger partial charge in [0.2, 0.25) is 5.91 Å². The van der Waals surface area contributed by atoms with Crippen LogP contribution in [0.25, 0.3) is 0 Å². The van der Waals surface area contributed by atoms with E-state index in [-0.39, 0.29) is 4.90 Å². The topological polar surface area (TPSA) is 75.7 Å². The number of amides is 1. The SMILES string of the molecule is CCOc1ccc(N(CC(=O)NCCCc2ccc(C)cc2)S(=O)(=O)c2ccc(F)cc2)cc1. The minimum Gasteiger partial charge on any atom is -0.494 e. The van der Waals surface area contributed by atoms with Gasteiger partial charge in [0.25, 0.3) is 10.0 Å². The minimum absolute atomic E-state index is 0.102. The molecule has 0 unspecified atom stereocenters. The third-order valence-electron chi connectivity index (χ3n) is 5.21. The van der Waals surface area contributed by atoms with Gasteiger partial charge in [-0.3, -0.25) is 9.10 Å². The Balaban J connectivity index is 1.71. The predicted molar refractivity (Wildman–Crippen MR) is 131 cm³/mol. The predicted octanol–water partition coefficient (Wildman–Crippen LogP) is 4.48. The van der Waals surface area contributed by atoms with E-state index in [1.54, 1.807) is 24.3 Å². The highest BCUT2D eigenvalue weighted by Gasteiger charge is 2.27. The first kappa shape index (κ1) is 25.2. The van der Waals surface area contributed by atoms with Gasteiger partial charge in [0, 0.05) is 6.54 Å². The maximum Gasteiger partial charge on any atom is 0.264 e. The van der Waals surface area contributed by atoms with E-state index in [1.807, 2.05) is 26.0 Å². The summed E-state index contributed by atoms with van der Waals surface area (Å²) in [5.74, 6) is -0.382. The second-order valence-electron chi connectivity index (χ2n) is 7.83. The summed E-state index contributed by atoms with van der Waals surface area (Å²) in [5, 5.41) is 2.80. The Kier molecular flexibility index (Phi) is 8.65. The van der Waals surface area contributed by atoms with E-state index in [9.17, 15) is 17.6 Å². The third-order valence-corrected chi connectivity index (χ3v) is 7.00. The molecule has 0 bridgehead atoms. The Morgan fingerprint density at radius 3 is 2.24 bits per heavy atom. The van der Waals surface area contributed by atoms with Gasteiger partial charge in [0.15, 0.2) is 0 Å². The number of sulfonamides is 1. The zero-order valence-corrected chi connectivity index (χ0v) is 20.1. The van der Waals surface area contributed by atoms with Crippen LogP contribution in [0, 0.1) is 12.7 Å². The molecule has 6 nitrogen and oxygen atoms in total. The van der Waals surface area contributed by atoms with Gasteiger partial charge in [-0.2, -0.15) is 0 Å². The van der Waals surface area contributed by atoms with Gasteiger partial charge in [0.05, 0.1) is 17.2 Å². The molecule has 0 aliphatic heterocycles. The van der Waals surface area contributed by atoms with Crippen molar-refractivity contribution in [2.24, 2.45) is 0 Å². The first-order valence-corrected chi connectivity index (χ1v) is 12.6. The number of anilines is 1. The summed E-state index contributed by atoms with van der Waals surface area (Å²) in [6, 6.07) is 19.2. The molecule has 0 saturated carbocycles. The largest absolute Gasteiger partial charge is 0.494 e. The molecule has 180 valence electrons. The highest BCUT2D eigenvalue weighted by molar-refractivity contribution is 7.92. The van der Waals surface area contributed by atoms with Gasteiger partial charge in [-0.1, -0.05) is 29.8 Å². The molecule has 0 spiro atoms. The quantitative estimate of drug-likeness (QED) is 0.407. The van der Waals surface area contributed by atoms with Crippen LogP contribution in [0.3, 0.4) is 0 Å². The Morgan fingerprint density at radius 2 is 1.62 bits per heavy atom. The number of carbonyl (C=O) groups is 1. The molecule has 0 aromatic heterocycles. The fourth-order valence-corrected chi connectivity index (χ4v) is 4.81. The number of hydrogen-bond acceptors (Lipinski definition) is 4. The van der Waals surface area contributed by atoms with E-state index in [0.29, 0.717) is 24.6 Å². The van der Waals surface area contributed by atoms with Crippen LogP contribution < -0.4 is 14.4 Å². The molecule has 1 N–H and O–H groups in total. The first-order valence-electron chi connectivity index (χ1n) is 11.1. The van der Waals surface area contributed by atoms with Crippen molar-refractivity contribution in [3.8, 4) is 5.75 Å². The molecule has 1 amide bonds. The summed E-state index contributed by atoms with van der Waals surface area (Å²) in [7, 11) is -4.10. The molecule has 0 aliphatic rings. The molecular formula is C26H29FN2O4S. The number of nitrogens with zero attached hydrogens (tertiary/aromatic N) is 1. The summed E-state index contributed by atoms with van der Waals surface area (Å²) >= 11 is 0. The summed E-state index contributed by atoms with van der Waals surface area (Å²) in [4.78, 5) is 12.6. The average molecular weight is 485 g/mol. The molecule has 3 aromatic carbocycles. The van der Waals surface area contributed by atoms with Gasteiger partial charge in [-0.05, 0) is 80.8 Å². The van der Waals surface area contributed by atoms with Crippen molar-refractivity contribution in [2.45, 2.75) is 31.6 Å². The van der Waals surface area contributed by atoms with Crippen LogP contribution in [0.2, 0.25) is 0 Å². The van der Waals surface area contributed by atoms with E-state index >= 15 is 0 Å². The Bertz CT molecular complexity index is 1180. The molecular weight excluding hydrogens is 455 g/mol. The van der Waals surface area contributed by atoms with Crippen molar-refractivity contribution < 1.29 is 22.3 Å². The van der Waals surface area contributed by atoms with E-state index in [0.717, 1.165) is 29.3 Å². The Labute approximate surface area is 200 Å². The highest BCUT2D eigenvalue weighted by Crippen LogP contribution is 2.26. The van der Waals surface area contributed by atoms with Crippen molar-refractivity contribution in [3.05, 3.63) is 89.7 Å². The summed E-state index contributed by atoms with van der Waals surface area (Å²) in [5.41, 5.74) is 2.67. The normalized spacial score (nSPS) is 11.1. The van der Waals surface area contributed by atoms with Gasteiger partial charge in [-0.25, -0.2) is 12.8 Å². The van der Waals surface area contributed by atoms with Crippen LogP contribution in [-0.2, 0) is 21.2 Å². The lowest BCUT2D eigenvalue weighted by Crippen LogP contribution is -2.41. The van der Waals surface area contributed by atoms with Crippen molar-refractivity contribution in [1.29, 1.82) is 0 Å². The van der Waals surface area contributed by atoms with Crippen LogP contribution in [0.4, 0.5) is 10.1 Å². The Hall–Kier alpha value is -3.39. The fourth-order valence-electron chi connectivity index (χ4n) is 3.39. The van der Waals surface area contributed by atoms with Crippen LogP contribution in [0.5, 0.6) is 5.75 Å². The molecule has 0 atom stereocenters. The van der Waals surface area contributed by atoms with Crippen molar-refractivity contribution >= 4 is 21.6 Å². The number of benzene rings is 3. The smallest absolute Gasteiger partial charge is 0.264 e. The number of nitrogens with one attached hydrogen (secondary N) is 1. The molecule has 0 aliphatic carbocycles. The standard InChI is InChI=1S/C26H29FN2O4S/c1-3-33-24-14-12-23(13-15-24)29(34(31,32)25-16-10-22(27)11-17-25)19-26(30)28-18-4-5-21-8-6-20(2)7-9-21/h6-17H,3-5,18-19H2,1-2H3,(H,28,30). The first-order chi connectivity index (χ1) is 16.3. The second-order valence-corrected chi connectivity index (χ2v) is 9.69. The van der Waals surface area contributed by atoms with E-state index < -0.39 is 28.3 Å². The average Bonchev–Trinajstić information content (AvgIpc) is 2.82. The minimum atomic E-state index is -4.10. The van der Waals surface area contributed by atoms with Crippen LogP contribution in [0.1, 0.15) is 24.5 Å². The zero-order chi connectivity index (χ0) is 24.6. The highest BCUT2D eigenvalue weighted by atomic mass is 32.2. The Morgan fingerprint density at radius 1 is 0.971 bits per heavy atom. The third kappa shape index (κ3) is 6.81. The molecule has 8 heteroatoms. The number of ether oxygens (including phenoxy) is 1. The number of rotatable bonds is 11. The van der Waals surface area contributed by atoms with E-state index in [4.69, 9.17) is 4.74 Å². The lowest BCUT2D eigenvalue weighted by Gasteiger charge is -2.24. The molecule has 3 aromatic rings. The monoisotopic (exact) mass is 484 g/mol. The zero-order valence-electron chi connectivity index (χ0n) is 19.3. The summed E-state index contributed by atoms with van der Waals surface area (Å²) in [6.07, 6.45) is 1.53. The van der Waals surface area contributed by atoms with Gasteiger partial charge < -0.3 is 10.1 Å². The van der Waals surface area contributed by atoms with E-state index in [2.05, 4.69) is 17.4 Å². The van der Waals surface area contributed by atoms with E-state index in [1.165, 1.54) is 23.3 Å². The molecule has 0 heterocycles. The van der Waals surface area contributed by atoms with Crippen molar-refractivity contribution in [2.75, 3.05) is 24.0 Å². The van der Waals surface area contributed by atoms with Crippen molar-refractivity contribution in [1.82, 2.24) is 5.32 Å². The maximum absolute atomic E-state index is 13.4. The summed E-state index contributed by atoms with van der Waals surface area (Å²) < 4.78 is 46.4. The molecule has 34 heavy (non-hydrogen) atoms. The van der Waals surface area contributed by atoms with Gasteiger partial charge in [-0.15, -0.1) is 0 Å². The lowest BCUT2D eigenvalue weighted by atomic mass is 10.1. The van der Waals surface area contributed by atoms with Crippen LogP contribution >= 0.6 is 0 Å². The molecule has 0 radical (unpaired) electrons. The maximum atomic E-state index is 13.4. The molecule has 0 fully saturated rings. The molecule has 3 rings (SSSR count). The number of aryl methyl sites for hydroxylation is 2. The second kappa shape index (κ2) is 11.7. The van der Waals surface area contributed by atoms with Crippen LogP contribution in [0.15, 0.2) is 77.7 Å². The fraction of sp³-hybridized carbons (Fsp3) is 0.269. The van der Waals surface area contributed by atoms with Gasteiger partial charge >= 0.3 is 0 Å². The number of halogens is 1. The number of carbonyl (C=O) groups excluding carboxylic acids is 1. The lowest BCUT2D eigenvalue weighted by molar-refractivity contribution is -0.119.